The Kier molecular flexibility index (Phi) is 3.81. The van der Waals surface area contributed by atoms with Crippen LogP contribution in [0.1, 0.15) is 36.6 Å². The number of rotatable bonds is 4. The van der Waals surface area contributed by atoms with Gasteiger partial charge in [-0.1, -0.05) is 56.3 Å². The molecule has 3 heteroatoms. The van der Waals surface area contributed by atoms with E-state index in [9.17, 15) is 10.2 Å². The molecular formula is C19H23NO2. The van der Waals surface area contributed by atoms with E-state index in [-0.39, 0.29) is 5.41 Å². The van der Waals surface area contributed by atoms with E-state index in [1.165, 1.54) is 22.3 Å². The van der Waals surface area contributed by atoms with Crippen LogP contribution in [0.3, 0.4) is 0 Å². The summed E-state index contributed by atoms with van der Waals surface area (Å²) in [5, 5.41) is 23.3. The third kappa shape index (κ3) is 2.26. The minimum absolute atomic E-state index is 0.0877. The molecule has 2 unspecified atom stereocenters. The van der Waals surface area contributed by atoms with Gasteiger partial charge in [-0.15, -0.1) is 0 Å². The van der Waals surface area contributed by atoms with Gasteiger partial charge in [-0.3, -0.25) is 0 Å². The topological polar surface area (TPSA) is 52.5 Å². The number of fused-ring (bicyclic) bond motifs is 3. The smallest absolute Gasteiger partial charge is 0.106 e. The second-order valence-corrected chi connectivity index (χ2v) is 6.55. The number of hydrogen-bond acceptors (Lipinski definition) is 3. The van der Waals surface area contributed by atoms with Gasteiger partial charge in [0.15, 0.2) is 0 Å². The summed E-state index contributed by atoms with van der Waals surface area (Å²) in [7, 11) is 1.76. The van der Waals surface area contributed by atoms with Gasteiger partial charge in [-0.25, -0.2) is 0 Å². The first kappa shape index (κ1) is 15.2. The molecule has 0 amide bonds. The zero-order valence-corrected chi connectivity index (χ0v) is 13.3. The lowest BCUT2D eigenvalue weighted by atomic mass is 9.81. The normalized spacial score (nSPS) is 17.7. The fraction of sp³-hybridized carbons (Fsp3) is 0.368. The molecule has 0 heterocycles. The van der Waals surface area contributed by atoms with Crippen molar-refractivity contribution in [3.05, 3.63) is 59.2 Å². The van der Waals surface area contributed by atoms with E-state index in [1.54, 1.807) is 7.05 Å². The third-order valence-electron chi connectivity index (χ3n) is 4.73. The van der Waals surface area contributed by atoms with Crippen molar-refractivity contribution in [1.82, 2.24) is 5.32 Å². The van der Waals surface area contributed by atoms with Crippen LogP contribution in [0, 0.1) is 0 Å². The second kappa shape index (κ2) is 5.51. The first-order valence-corrected chi connectivity index (χ1v) is 7.72. The standard InChI is InChI=1S/C19H23NO2/c1-19(2)15-7-5-4-6-13(15)14-9-8-12(10-16(14)19)18(22)17(21)11-20-3/h4-10,17-18,20-22H,11H2,1-3H3. The SMILES string of the molecule is CNCC(O)C(O)c1ccc2c(c1)C(C)(C)c1ccccc1-2. The first-order valence-electron chi connectivity index (χ1n) is 7.72. The largest absolute Gasteiger partial charge is 0.389 e. The lowest BCUT2D eigenvalue weighted by molar-refractivity contribution is 0.0202. The van der Waals surface area contributed by atoms with E-state index in [0.717, 1.165) is 5.56 Å². The molecule has 0 aliphatic heterocycles. The van der Waals surface area contributed by atoms with Gasteiger partial charge in [0.05, 0.1) is 6.10 Å². The Labute approximate surface area is 131 Å². The minimum Gasteiger partial charge on any atom is -0.389 e. The Morgan fingerprint density at radius 3 is 2.41 bits per heavy atom. The van der Waals surface area contributed by atoms with Gasteiger partial charge >= 0.3 is 0 Å². The molecule has 3 rings (SSSR count). The van der Waals surface area contributed by atoms with E-state index in [2.05, 4.69) is 49.5 Å². The van der Waals surface area contributed by atoms with Crippen molar-refractivity contribution < 1.29 is 10.2 Å². The summed E-state index contributed by atoms with van der Waals surface area (Å²) in [5.74, 6) is 0. The van der Waals surface area contributed by atoms with Crippen LogP contribution in [-0.2, 0) is 5.41 Å². The molecule has 3 nitrogen and oxygen atoms in total. The van der Waals surface area contributed by atoms with E-state index in [1.807, 2.05) is 12.1 Å². The van der Waals surface area contributed by atoms with Crippen molar-refractivity contribution >= 4 is 0 Å². The van der Waals surface area contributed by atoms with Crippen molar-refractivity contribution in [3.63, 3.8) is 0 Å². The van der Waals surface area contributed by atoms with Crippen LogP contribution >= 0.6 is 0 Å². The molecule has 0 saturated carbocycles. The summed E-state index contributed by atoms with van der Waals surface area (Å²) in [6.07, 6.45) is -1.69. The van der Waals surface area contributed by atoms with Gasteiger partial charge in [0.1, 0.15) is 6.10 Å². The van der Waals surface area contributed by atoms with Gasteiger partial charge in [0.25, 0.3) is 0 Å². The summed E-state index contributed by atoms with van der Waals surface area (Å²) in [6, 6.07) is 14.5. The molecule has 0 saturated heterocycles. The van der Waals surface area contributed by atoms with Crippen molar-refractivity contribution in [2.75, 3.05) is 13.6 Å². The summed E-state index contributed by atoms with van der Waals surface area (Å²) in [4.78, 5) is 0. The average molecular weight is 297 g/mol. The maximum atomic E-state index is 10.3. The van der Waals surface area contributed by atoms with Crippen LogP contribution in [0.25, 0.3) is 11.1 Å². The predicted octanol–water partition coefficient (Wildman–Crippen LogP) is 2.61. The molecule has 2 atom stereocenters. The van der Waals surface area contributed by atoms with E-state index in [0.29, 0.717) is 6.54 Å². The number of hydrogen-bond donors (Lipinski definition) is 3. The minimum atomic E-state index is -0.878. The first-order chi connectivity index (χ1) is 10.5. The molecule has 0 bridgehead atoms. The fourth-order valence-electron chi connectivity index (χ4n) is 3.45. The third-order valence-corrected chi connectivity index (χ3v) is 4.73. The molecule has 22 heavy (non-hydrogen) atoms. The highest BCUT2D eigenvalue weighted by Crippen LogP contribution is 2.49. The Hall–Kier alpha value is -1.68. The molecule has 116 valence electrons. The fourth-order valence-corrected chi connectivity index (χ4v) is 3.45. The molecule has 1 aliphatic carbocycles. The summed E-state index contributed by atoms with van der Waals surface area (Å²) in [5.41, 5.74) is 5.69. The number of aliphatic hydroxyl groups excluding tert-OH is 2. The quantitative estimate of drug-likeness (QED) is 0.813. The van der Waals surface area contributed by atoms with Crippen LogP contribution in [0.2, 0.25) is 0 Å². The highest BCUT2D eigenvalue weighted by atomic mass is 16.3. The summed E-state index contributed by atoms with van der Waals surface area (Å²) < 4.78 is 0. The van der Waals surface area contributed by atoms with Crippen LogP contribution in [0.4, 0.5) is 0 Å². The van der Waals surface area contributed by atoms with Gasteiger partial charge in [0.2, 0.25) is 0 Å². The van der Waals surface area contributed by atoms with E-state index in [4.69, 9.17) is 0 Å². The predicted molar refractivity (Wildman–Crippen MR) is 88.9 cm³/mol. The molecule has 0 radical (unpaired) electrons. The van der Waals surface area contributed by atoms with Crippen molar-refractivity contribution in [2.24, 2.45) is 0 Å². The maximum absolute atomic E-state index is 10.3. The maximum Gasteiger partial charge on any atom is 0.106 e. The Morgan fingerprint density at radius 1 is 1.00 bits per heavy atom. The summed E-state index contributed by atoms with van der Waals surface area (Å²) in [6.45, 7) is 4.78. The van der Waals surface area contributed by atoms with E-state index >= 15 is 0 Å². The Balaban J connectivity index is 2.04. The molecule has 0 aromatic heterocycles. The molecule has 2 aromatic carbocycles. The lowest BCUT2D eigenvalue weighted by Gasteiger charge is -2.24. The van der Waals surface area contributed by atoms with Gasteiger partial charge in [0, 0.05) is 12.0 Å². The van der Waals surface area contributed by atoms with Crippen LogP contribution in [0.5, 0.6) is 0 Å². The van der Waals surface area contributed by atoms with Crippen LogP contribution in [0.15, 0.2) is 42.5 Å². The monoisotopic (exact) mass is 297 g/mol. The molecule has 0 spiro atoms. The van der Waals surface area contributed by atoms with Crippen molar-refractivity contribution in [1.29, 1.82) is 0 Å². The highest BCUT2D eigenvalue weighted by Gasteiger charge is 2.35. The average Bonchev–Trinajstić information content (AvgIpc) is 2.75. The molecule has 0 fully saturated rings. The number of aliphatic hydroxyl groups is 2. The molecule has 3 N–H and O–H groups in total. The molecular weight excluding hydrogens is 274 g/mol. The van der Waals surface area contributed by atoms with E-state index < -0.39 is 12.2 Å². The number of nitrogens with one attached hydrogen (secondary N) is 1. The molecule has 2 aromatic rings. The number of benzene rings is 2. The van der Waals surface area contributed by atoms with Gasteiger partial charge < -0.3 is 15.5 Å². The number of likely N-dealkylation sites (N-methyl/N-ethyl adjacent to an activating group) is 1. The second-order valence-electron chi connectivity index (χ2n) is 6.55. The van der Waals surface area contributed by atoms with Crippen molar-refractivity contribution in [2.45, 2.75) is 31.5 Å². The van der Waals surface area contributed by atoms with Crippen LogP contribution in [-0.4, -0.2) is 29.9 Å². The summed E-state index contributed by atoms with van der Waals surface area (Å²) >= 11 is 0. The zero-order chi connectivity index (χ0) is 15.9. The molecule has 1 aliphatic rings. The highest BCUT2D eigenvalue weighted by molar-refractivity contribution is 5.80. The van der Waals surface area contributed by atoms with Crippen LogP contribution < -0.4 is 5.32 Å². The van der Waals surface area contributed by atoms with Gasteiger partial charge in [-0.2, -0.15) is 0 Å². The van der Waals surface area contributed by atoms with Gasteiger partial charge in [-0.05, 0) is 34.9 Å². The van der Waals surface area contributed by atoms with Crippen molar-refractivity contribution in [3.8, 4) is 11.1 Å². The zero-order valence-electron chi connectivity index (χ0n) is 13.3. The Bertz CT molecular complexity index is 694. The lowest BCUT2D eigenvalue weighted by Crippen LogP contribution is -2.29. The Morgan fingerprint density at radius 2 is 1.68 bits per heavy atom.